The summed E-state index contributed by atoms with van der Waals surface area (Å²) in [5.41, 5.74) is 1.09. The van der Waals surface area contributed by atoms with E-state index in [2.05, 4.69) is 0 Å². The number of benzene rings is 1. The third kappa shape index (κ3) is 3.84. The largest absolute Gasteiger partial charge is 0.492 e. The first-order chi connectivity index (χ1) is 12.1. The summed E-state index contributed by atoms with van der Waals surface area (Å²) in [6.07, 6.45) is 2.03. The van der Waals surface area contributed by atoms with Gasteiger partial charge < -0.3 is 19.2 Å². The second kappa shape index (κ2) is 7.42. The van der Waals surface area contributed by atoms with Crippen molar-refractivity contribution in [2.24, 2.45) is 5.92 Å². The summed E-state index contributed by atoms with van der Waals surface area (Å²) in [4.78, 5) is 25.6. The van der Waals surface area contributed by atoms with Crippen LogP contribution in [0.15, 0.2) is 47.1 Å². The van der Waals surface area contributed by atoms with E-state index in [1.165, 1.54) is 6.26 Å². The van der Waals surface area contributed by atoms with Gasteiger partial charge in [-0.05, 0) is 43.2 Å². The van der Waals surface area contributed by atoms with Gasteiger partial charge in [0.25, 0.3) is 0 Å². The summed E-state index contributed by atoms with van der Waals surface area (Å²) in [5.74, 6) is -0.446. The van der Waals surface area contributed by atoms with Crippen molar-refractivity contribution in [2.45, 2.75) is 25.8 Å². The molecule has 1 aromatic carbocycles. The molecule has 1 amide bonds. The number of aliphatic carboxylic acids is 1. The van der Waals surface area contributed by atoms with E-state index in [1.54, 1.807) is 17.0 Å². The molecule has 3 rings (SSSR count). The van der Waals surface area contributed by atoms with Crippen molar-refractivity contribution in [3.8, 4) is 5.75 Å². The second-order valence-corrected chi connectivity index (χ2v) is 6.20. The first-order valence-corrected chi connectivity index (χ1v) is 8.31. The van der Waals surface area contributed by atoms with Crippen LogP contribution in [0.2, 0.25) is 0 Å². The van der Waals surface area contributed by atoms with Gasteiger partial charge in [0, 0.05) is 6.42 Å². The van der Waals surface area contributed by atoms with Crippen molar-refractivity contribution in [2.75, 3.05) is 13.2 Å². The van der Waals surface area contributed by atoms with Gasteiger partial charge in [0.15, 0.2) is 0 Å². The topological polar surface area (TPSA) is 80.0 Å². The van der Waals surface area contributed by atoms with Gasteiger partial charge in [-0.2, -0.15) is 0 Å². The number of nitrogens with zero attached hydrogens (tertiary/aromatic N) is 1. The maximum atomic E-state index is 12.4. The molecular weight excluding hydrogens is 322 g/mol. The Morgan fingerprint density at radius 1 is 1.36 bits per heavy atom. The van der Waals surface area contributed by atoms with Crippen molar-refractivity contribution in [1.29, 1.82) is 0 Å². The highest BCUT2D eigenvalue weighted by molar-refractivity contribution is 5.81. The van der Waals surface area contributed by atoms with Gasteiger partial charge in [-0.15, -0.1) is 0 Å². The fourth-order valence-electron chi connectivity index (χ4n) is 3.25. The van der Waals surface area contributed by atoms with Crippen molar-refractivity contribution < 1.29 is 23.8 Å². The molecule has 6 heteroatoms. The van der Waals surface area contributed by atoms with Crippen LogP contribution in [0.5, 0.6) is 5.75 Å². The molecule has 0 unspecified atom stereocenters. The zero-order valence-electron chi connectivity index (χ0n) is 14.1. The highest BCUT2D eigenvalue weighted by Crippen LogP contribution is 2.37. The van der Waals surface area contributed by atoms with E-state index in [-0.39, 0.29) is 12.3 Å². The Hall–Kier alpha value is -2.76. The summed E-state index contributed by atoms with van der Waals surface area (Å²) in [6, 6.07) is 10.5. The number of carboxylic acids is 1. The minimum Gasteiger partial charge on any atom is -0.492 e. The number of carbonyl (C=O) groups excluding carboxylic acids is 1. The van der Waals surface area contributed by atoms with Gasteiger partial charge in [0.1, 0.15) is 24.2 Å². The lowest BCUT2D eigenvalue weighted by atomic mass is 9.87. The summed E-state index contributed by atoms with van der Waals surface area (Å²) in [7, 11) is 0. The van der Waals surface area contributed by atoms with Gasteiger partial charge in [-0.25, -0.2) is 0 Å². The highest BCUT2D eigenvalue weighted by Gasteiger charge is 2.42. The monoisotopic (exact) mass is 343 g/mol. The summed E-state index contributed by atoms with van der Waals surface area (Å²) >= 11 is 0. The molecule has 2 aromatic rings. The lowest BCUT2D eigenvalue weighted by molar-refractivity contribution is -0.153. The van der Waals surface area contributed by atoms with Crippen LogP contribution in [0.4, 0.5) is 0 Å². The van der Waals surface area contributed by atoms with E-state index in [4.69, 9.17) is 9.15 Å². The smallest absolute Gasteiger partial charge is 0.309 e. The maximum absolute atomic E-state index is 12.4. The lowest BCUT2D eigenvalue weighted by Gasteiger charge is -2.38. The Bertz CT molecular complexity index is 740. The van der Waals surface area contributed by atoms with Crippen LogP contribution in [-0.2, 0) is 9.59 Å². The second-order valence-electron chi connectivity index (χ2n) is 6.20. The molecule has 0 saturated carbocycles. The molecule has 1 fully saturated rings. The van der Waals surface area contributed by atoms with Gasteiger partial charge in [-0.3, -0.25) is 9.59 Å². The zero-order valence-corrected chi connectivity index (χ0v) is 14.1. The number of hydrogen-bond donors (Lipinski definition) is 1. The van der Waals surface area contributed by atoms with Crippen molar-refractivity contribution in [3.05, 3.63) is 54.0 Å². The third-order valence-electron chi connectivity index (χ3n) is 4.45. The normalized spacial score (nSPS) is 20.5. The van der Waals surface area contributed by atoms with E-state index in [0.717, 1.165) is 11.3 Å². The lowest BCUT2D eigenvalue weighted by Crippen LogP contribution is -2.46. The molecule has 2 heterocycles. The maximum Gasteiger partial charge on any atom is 0.309 e. The van der Waals surface area contributed by atoms with Crippen LogP contribution in [0, 0.1) is 12.8 Å². The van der Waals surface area contributed by atoms with Gasteiger partial charge in [-0.1, -0.05) is 12.1 Å². The number of hydrogen-bond acceptors (Lipinski definition) is 4. The van der Waals surface area contributed by atoms with Crippen molar-refractivity contribution in [3.63, 3.8) is 0 Å². The molecule has 132 valence electrons. The number of furan rings is 1. The standard InChI is InChI=1S/C19H21NO5/c1-13-4-2-5-14(12-13)24-11-9-20-17(21)8-7-15(19(22)23)18(20)16-6-3-10-25-16/h2-6,10,12,15,18H,7-9,11H2,1H3,(H,22,23)/t15-,18+/m0/s1. The molecule has 0 spiro atoms. The molecule has 0 bridgehead atoms. The SMILES string of the molecule is Cc1cccc(OCCN2C(=O)CC[C@H](C(=O)O)[C@@H]2c2ccco2)c1. The van der Waals surface area contributed by atoms with Crippen LogP contribution in [0.3, 0.4) is 0 Å². The number of carboxylic acid groups (broad SMARTS) is 1. The predicted molar refractivity (Wildman–Crippen MR) is 90.2 cm³/mol. The van der Waals surface area contributed by atoms with Gasteiger partial charge in [0.05, 0.1) is 18.7 Å². The van der Waals surface area contributed by atoms with Crippen molar-refractivity contribution in [1.82, 2.24) is 4.90 Å². The Balaban J connectivity index is 1.73. The highest BCUT2D eigenvalue weighted by atomic mass is 16.5. The number of aryl methyl sites for hydroxylation is 1. The fourth-order valence-corrected chi connectivity index (χ4v) is 3.25. The summed E-state index contributed by atoms with van der Waals surface area (Å²) in [6.45, 7) is 2.58. The van der Waals surface area contributed by atoms with E-state index < -0.39 is 17.9 Å². The van der Waals surface area contributed by atoms with E-state index >= 15 is 0 Å². The van der Waals surface area contributed by atoms with Crippen LogP contribution in [0.25, 0.3) is 0 Å². The molecule has 2 atom stereocenters. The molecule has 0 radical (unpaired) electrons. The molecule has 25 heavy (non-hydrogen) atoms. The summed E-state index contributed by atoms with van der Waals surface area (Å²) < 4.78 is 11.1. The number of amides is 1. The molecule has 1 aromatic heterocycles. The quantitative estimate of drug-likeness (QED) is 0.872. The van der Waals surface area contributed by atoms with Crippen molar-refractivity contribution >= 4 is 11.9 Å². The zero-order chi connectivity index (χ0) is 17.8. The molecule has 0 aliphatic carbocycles. The fraction of sp³-hybridized carbons (Fsp3) is 0.368. The number of piperidine rings is 1. The average Bonchev–Trinajstić information content (AvgIpc) is 3.10. The predicted octanol–water partition coefficient (Wildman–Crippen LogP) is 3.03. The molecule has 1 aliphatic heterocycles. The number of carbonyl (C=O) groups is 2. The summed E-state index contributed by atoms with van der Waals surface area (Å²) in [5, 5.41) is 9.53. The molecule has 1 saturated heterocycles. The Kier molecular flexibility index (Phi) is 5.07. The minimum atomic E-state index is -0.918. The molecule has 6 nitrogen and oxygen atoms in total. The average molecular weight is 343 g/mol. The van der Waals surface area contributed by atoms with Gasteiger partial charge in [0.2, 0.25) is 5.91 Å². The minimum absolute atomic E-state index is 0.0771. The number of rotatable bonds is 6. The van der Waals surface area contributed by atoms with Crippen LogP contribution >= 0.6 is 0 Å². The third-order valence-corrected chi connectivity index (χ3v) is 4.45. The van der Waals surface area contributed by atoms with Crippen LogP contribution in [-0.4, -0.2) is 35.0 Å². The number of ether oxygens (including phenoxy) is 1. The van der Waals surface area contributed by atoms with Crippen LogP contribution in [0.1, 0.15) is 30.2 Å². The van der Waals surface area contributed by atoms with Gasteiger partial charge >= 0.3 is 5.97 Å². The van der Waals surface area contributed by atoms with E-state index in [0.29, 0.717) is 25.3 Å². The Morgan fingerprint density at radius 2 is 2.20 bits per heavy atom. The van der Waals surface area contributed by atoms with E-state index in [1.807, 2.05) is 31.2 Å². The number of likely N-dealkylation sites (tertiary alicyclic amines) is 1. The molecule has 1 aliphatic rings. The Morgan fingerprint density at radius 3 is 2.88 bits per heavy atom. The first-order valence-electron chi connectivity index (χ1n) is 8.31. The van der Waals surface area contributed by atoms with Crippen LogP contribution < -0.4 is 4.74 Å². The van der Waals surface area contributed by atoms with E-state index in [9.17, 15) is 14.7 Å². The molecule has 1 N–H and O–H groups in total. The Labute approximate surface area is 146 Å². The molecular formula is C19H21NO5. The first kappa shape index (κ1) is 17.1.